The van der Waals surface area contributed by atoms with Crippen molar-refractivity contribution in [2.75, 3.05) is 20.3 Å². The molecule has 2 aromatic heterocycles. The van der Waals surface area contributed by atoms with Gasteiger partial charge in [0.2, 0.25) is 0 Å². The van der Waals surface area contributed by atoms with Gasteiger partial charge in [0.15, 0.2) is 0 Å². The van der Waals surface area contributed by atoms with Crippen LogP contribution in [0.1, 0.15) is 34.0 Å². The Kier molecular flexibility index (Phi) is 3.96. The summed E-state index contributed by atoms with van der Waals surface area (Å²) in [6.45, 7) is 1.91. The molecule has 0 unspecified atom stereocenters. The molecular weight excluding hydrogens is 268 g/mol. The van der Waals surface area contributed by atoms with Crippen LogP contribution in [0.5, 0.6) is 0 Å². The zero-order valence-electron chi connectivity index (χ0n) is 12.0. The largest absolute Gasteiger partial charge is 0.381 e. The lowest BCUT2D eigenvalue weighted by Crippen LogP contribution is -2.27. The Labute approximate surface area is 123 Å². The molecule has 0 saturated carbocycles. The van der Waals surface area contributed by atoms with E-state index in [1.165, 1.54) is 0 Å². The van der Waals surface area contributed by atoms with Crippen LogP contribution < -0.4 is 0 Å². The van der Waals surface area contributed by atoms with Crippen LogP contribution in [0, 0.1) is 0 Å². The van der Waals surface area contributed by atoms with Crippen LogP contribution in [0.2, 0.25) is 0 Å². The topological polar surface area (TPSA) is 71.1 Å². The number of H-pyrrole nitrogens is 1. The van der Waals surface area contributed by atoms with E-state index in [-0.39, 0.29) is 11.8 Å². The van der Waals surface area contributed by atoms with Gasteiger partial charge in [-0.25, -0.2) is 0 Å². The molecule has 6 nitrogen and oxygen atoms in total. The number of carbonyl (C=O) groups excluding carboxylic acids is 1. The van der Waals surface area contributed by atoms with E-state index in [0.29, 0.717) is 18.7 Å². The van der Waals surface area contributed by atoms with Crippen LogP contribution >= 0.6 is 0 Å². The van der Waals surface area contributed by atoms with E-state index in [2.05, 4.69) is 15.2 Å². The van der Waals surface area contributed by atoms with Gasteiger partial charge < -0.3 is 9.64 Å². The molecule has 0 radical (unpaired) electrons. The van der Waals surface area contributed by atoms with Crippen LogP contribution in [0.15, 0.2) is 30.7 Å². The van der Waals surface area contributed by atoms with E-state index >= 15 is 0 Å². The van der Waals surface area contributed by atoms with Crippen molar-refractivity contribution in [3.63, 3.8) is 0 Å². The number of ether oxygens (including phenoxy) is 1. The van der Waals surface area contributed by atoms with Crippen molar-refractivity contribution in [1.29, 1.82) is 0 Å². The highest BCUT2D eigenvalue weighted by Crippen LogP contribution is 2.26. The highest BCUT2D eigenvalue weighted by atomic mass is 16.5. The molecule has 1 atom stereocenters. The third-order valence-corrected chi connectivity index (χ3v) is 3.73. The quantitative estimate of drug-likeness (QED) is 0.926. The first kappa shape index (κ1) is 13.8. The van der Waals surface area contributed by atoms with Gasteiger partial charge in [0.05, 0.1) is 24.1 Å². The first-order chi connectivity index (χ1) is 10.3. The minimum atomic E-state index is -0.0329. The smallest absolute Gasteiger partial charge is 0.257 e. The molecule has 2 aromatic rings. The van der Waals surface area contributed by atoms with E-state index in [9.17, 15) is 4.79 Å². The molecule has 6 heteroatoms. The maximum absolute atomic E-state index is 12.6. The summed E-state index contributed by atoms with van der Waals surface area (Å²) in [6.07, 6.45) is 6.02. The van der Waals surface area contributed by atoms with Gasteiger partial charge >= 0.3 is 0 Å². The fourth-order valence-corrected chi connectivity index (χ4v) is 2.58. The van der Waals surface area contributed by atoms with Crippen molar-refractivity contribution < 1.29 is 9.53 Å². The normalized spacial score (nSPS) is 17.9. The molecule has 21 heavy (non-hydrogen) atoms. The van der Waals surface area contributed by atoms with Crippen LogP contribution in [0.4, 0.5) is 0 Å². The molecule has 3 heterocycles. The number of aromatic amines is 1. The number of hydrogen-bond acceptors (Lipinski definition) is 4. The Morgan fingerprint density at radius 2 is 2.43 bits per heavy atom. The van der Waals surface area contributed by atoms with Gasteiger partial charge in [0, 0.05) is 38.5 Å². The third kappa shape index (κ3) is 2.95. The summed E-state index contributed by atoms with van der Waals surface area (Å²) in [4.78, 5) is 18.3. The Bertz CT molecular complexity index is 605. The second kappa shape index (κ2) is 6.05. The van der Waals surface area contributed by atoms with Crippen molar-refractivity contribution in [2.24, 2.45) is 0 Å². The minimum absolute atomic E-state index is 0.0329. The first-order valence-corrected chi connectivity index (χ1v) is 7.01. The number of nitrogens with one attached hydrogen (secondary N) is 1. The van der Waals surface area contributed by atoms with Crippen LogP contribution in [0.25, 0.3) is 0 Å². The number of hydrogen-bond donors (Lipinski definition) is 1. The average Bonchev–Trinajstić information content (AvgIpc) is 3.18. The molecule has 110 valence electrons. The van der Waals surface area contributed by atoms with Crippen LogP contribution in [-0.4, -0.2) is 46.2 Å². The fourth-order valence-electron chi connectivity index (χ4n) is 2.58. The van der Waals surface area contributed by atoms with Crippen LogP contribution in [-0.2, 0) is 11.3 Å². The number of carbonyl (C=O) groups is 1. The van der Waals surface area contributed by atoms with Crippen molar-refractivity contribution in [1.82, 2.24) is 20.1 Å². The second-order valence-electron chi connectivity index (χ2n) is 5.28. The Morgan fingerprint density at radius 1 is 1.52 bits per heavy atom. The first-order valence-electron chi connectivity index (χ1n) is 7.01. The van der Waals surface area contributed by atoms with E-state index in [0.717, 1.165) is 24.3 Å². The van der Waals surface area contributed by atoms with Crippen molar-refractivity contribution in [2.45, 2.75) is 18.9 Å². The van der Waals surface area contributed by atoms with Crippen molar-refractivity contribution in [3.8, 4) is 0 Å². The summed E-state index contributed by atoms with van der Waals surface area (Å²) in [5, 5.41) is 6.99. The van der Waals surface area contributed by atoms with Gasteiger partial charge in [-0.15, -0.1) is 0 Å². The standard InChI is InChI=1S/C15H18N4O2/c1-19(9-11-3-2-5-16-7-11)15(20)13-8-17-18-14(13)12-4-6-21-10-12/h2-3,5,7-8,12H,4,6,9-10H2,1H3,(H,17,18)/t12-/m1/s1. The zero-order chi connectivity index (χ0) is 14.7. The predicted octanol–water partition coefficient (Wildman–Crippen LogP) is 1.58. The van der Waals surface area contributed by atoms with Crippen molar-refractivity contribution in [3.05, 3.63) is 47.5 Å². The lowest BCUT2D eigenvalue weighted by molar-refractivity contribution is 0.0783. The summed E-state index contributed by atoms with van der Waals surface area (Å²) >= 11 is 0. The number of nitrogens with zero attached hydrogens (tertiary/aromatic N) is 3. The molecule has 0 spiro atoms. The van der Waals surface area contributed by atoms with Gasteiger partial charge in [-0.3, -0.25) is 14.9 Å². The second-order valence-corrected chi connectivity index (χ2v) is 5.28. The molecule has 3 rings (SSSR count). The fraction of sp³-hybridized carbons (Fsp3) is 0.400. The number of rotatable bonds is 4. The van der Waals surface area contributed by atoms with Gasteiger partial charge in [-0.1, -0.05) is 6.07 Å². The van der Waals surface area contributed by atoms with Crippen LogP contribution in [0.3, 0.4) is 0 Å². The van der Waals surface area contributed by atoms with E-state index < -0.39 is 0 Å². The number of amides is 1. The molecule has 1 fully saturated rings. The average molecular weight is 286 g/mol. The van der Waals surface area contributed by atoms with Crippen molar-refractivity contribution >= 4 is 5.91 Å². The van der Waals surface area contributed by atoms with E-state index in [1.54, 1.807) is 30.5 Å². The molecule has 0 aromatic carbocycles. The monoisotopic (exact) mass is 286 g/mol. The summed E-state index contributed by atoms with van der Waals surface area (Å²) in [5.74, 6) is 0.202. The maximum atomic E-state index is 12.6. The van der Waals surface area contributed by atoms with Gasteiger partial charge in [-0.05, 0) is 18.1 Å². The lowest BCUT2D eigenvalue weighted by atomic mass is 10.0. The lowest BCUT2D eigenvalue weighted by Gasteiger charge is -2.18. The molecule has 0 aliphatic carbocycles. The Hall–Kier alpha value is -2.21. The highest BCUT2D eigenvalue weighted by Gasteiger charge is 2.26. The summed E-state index contributed by atoms with van der Waals surface area (Å²) < 4.78 is 5.39. The highest BCUT2D eigenvalue weighted by molar-refractivity contribution is 5.95. The zero-order valence-corrected chi connectivity index (χ0v) is 12.0. The molecular formula is C15H18N4O2. The predicted molar refractivity (Wildman–Crippen MR) is 76.8 cm³/mol. The summed E-state index contributed by atoms with van der Waals surface area (Å²) in [5.41, 5.74) is 2.52. The molecule has 1 N–H and O–H groups in total. The maximum Gasteiger partial charge on any atom is 0.257 e. The Balaban J connectivity index is 1.74. The minimum Gasteiger partial charge on any atom is -0.381 e. The molecule has 1 aliphatic rings. The summed E-state index contributed by atoms with van der Waals surface area (Å²) in [6, 6.07) is 3.82. The van der Waals surface area contributed by atoms with Gasteiger partial charge in [0.25, 0.3) is 5.91 Å². The molecule has 0 bridgehead atoms. The third-order valence-electron chi connectivity index (χ3n) is 3.73. The Morgan fingerprint density at radius 3 is 3.14 bits per heavy atom. The number of aromatic nitrogens is 3. The van der Waals surface area contributed by atoms with Gasteiger partial charge in [-0.2, -0.15) is 5.10 Å². The molecule has 1 aliphatic heterocycles. The molecule has 1 amide bonds. The van der Waals surface area contributed by atoms with Gasteiger partial charge in [0.1, 0.15) is 0 Å². The van der Waals surface area contributed by atoms with E-state index in [1.807, 2.05) is 12.1 Å². The number of pyridine rings is 1. The van der Waals surface area contributed by atoms with E-state index in [4.69, 9.17) is 4.74 Å². The summed E-state index contributed by atoms with van der Waals surface area (Å²) in [7, 11) is 1.79. The SMILES string of the molecule is CN(Cc1cccnc1)C(=O)c1cn[nH]c1[C@@H]1CCOC1. The molecule has 1 saturated heterocycles.